The third kappa shape index (κ3) is 3.01. The number of nitrogens with zero attached hydrogens (tertiary/aromatic N) is 3. The maximum atomic E-state index is 5.40. The predicted octanol–water partition coefficient (Wildman–Crippen LogP) is 4.58. The van der Waals surface area contributed by atoms with Gasteiger partial charge in [-0.3, -0.25) is 0 Å². The van der Waals surface area contributed by atoms with E-state index in [0.717, 1.165) is 38.8 Å². The fourth-order valence-corrected chi connectivity index (χ4v) is 3.85. The topological polar surface area (TPSA) is 73.1 Å². The number of hydrogen-bond donors (Lipinski definition) is 1. The Balaban J connectivity index is 1.63. The first kappa shape index (κ1) is 16.5. The number of para-hydroxylation sites is 1. The Labute approximate surface area is 154 Å². The summed E-state index contributed by atoms with van der Waals surface area (Å²) in [4.78, 5) is 9.07. The van der Waals surface area contributed by atoms with Gasteiger partial charge < -0.3 is 14.6 Å². The second-order valence-electron chi connectivity index (χ2n) is 5.91. The number of methoxy groups -OCH3 is 1. The van der Waals surface area contributed by atoms with Gasteiger partial charge in [-0.25, -0.2) is 9.97 Å². The Kier molecular flexibility index (Phi) is 4.30. The molecule has 132 valence electrons. The second-order valence-corrected chi connectivity index (χ2v) is 7.02. The number of nitrogens with one attached hydrogen (secondary N) is 1. The minimum atomic E-state index is 0.543. The average Bonchev–Trinajstić information content (AvgIpc) is 3.22. The summed E-state index contributed by atoms with van der Waals surface area (Å²) in [6, 6.07) is 10.1. The highest BCUT2D eigenvalue weighted by molar-refractivity contribution is 7.18. The van der Waals surface area contributed by atoms with E-state index in [2.05, 4.69) is 26.5 Å². The molecule has 1 N–H and O–H groups in total. The van der Waals surface area contributed by atoms with Crippen LogP contribution in [0.2, 0.25) is 0 Å². The van der Waals surface area contributed by atoms with Crippen molar-refractivity contribution in [2.24, 2.45) is 0 Å². The van der Waals surface area contributed by atoms with E-state index < -0.39 is 0 Å². The third-order valence-electron chi connectivity index (χ3n) is 4.13. The lowest BCUT2D eigenvalue weighted by molar-refractivity contribution is 0.393. The van der Waals surface area contributed by atoms with Crippen LogP contribution in [0.1, 0.15) is 16.5 Å². The molecule has 4 aromatic rings. The average molecular weight is 366 g/mol. The highest BCUT2D eigenvalue weighted by Gasteiger charge is 2.15. The van der Waals surface area contributed by atoms with E-state index >= 15 is 0 Å². The molecule has 26 heavy (non-hydrogen) atoms. The molecule has 1 aromatic carbocycles. The van der Waals surface area contributed by atoms with Gasteiger partial charge in [-0.2, -0.15) is 0 Å². The maximum Gasteiger partial charge on any atom is 0.237 e. The van der Waals surface area contributed by atoms with E-state index in [1.165, 1.54) is 4.70 Å². The normalized spacial score (nSPS) is 11.0. The van der Waals surface area contributed by atoms with Crippen LogP contribution >= 0.6 is 11.3 Å². The summed E-state index contributed by atoms with van der Waals surface area (Å²) in [6.45, 7) is 4.42. The first-order chi connectivity index (χ1) is 12.7. The first-order valence-electron chi connectivity index (χ1n) is 8.21. The van der Waals surface area contributed by atoms with Crippen molar-refractivity contribution in [3.05, 3.63) is 53.0 Å². The van der Waals surface area contributed by atoms with Crippen molar-refractivity contribution >= 4 is 27.2 Å². The van der Waals surface area contributed by atoms with Crippen LogP contribution in [0.4, 0.5) is 5.69 Å². The zero-order valence-electron chi connectivity index (χ0n) is 14.7. The lowest BCUT2D eigenvalue weighted by Crippen LogP contribution is -2.03. The molecule has 0 aliphatic heterocycles. The number of hydrogen-bond acceptors (Lipinski definition) is 7. The van der Waals surface area contributed by atoms with Gasteiger partial charge in [-0.05, 0) is 32.0 Å². The minimum Gasteiger partial charge on any atom is -0.480 e. The quantitative estimate of drug-likeness (QED) is 0.557. The number of ether oxygens (including phenoxy) is 1. The summed E-state index contributed by atoms with van der Waals surface area (Å²) in [6.07, 6.45) is 1.77. The van der Waals surface area contributed by atoms with E-state index in [0.29, 0.717) is 12.4 Å². The van der Waals surface area contributed by atoms with Gasteiger partial charge in [-0.1, -0.05) is 17.3 Å². The highest BCUT2D eigenvalue weighted by atomic mass is 32.1. The summed E-state index contributed by atoms with van der Waals surface area (Å²) in [5.41, 5.74) is 4.57. The van der Waals surface area contributed by atoms with Crippen LogP contribution in [0, 0.1) is 13.8 Å². The molecule has 6 nitrogen and oxygen atoms in total. The van der Waals surface area contributed by atoms with Crippen LogP contribution in [0.25, 0.3) is 21.3 Å². The summed E-state index contributed by atoms with van der Waals surface area (Å²) in [7, 11) is 1.61. The molecule has 0 atom stereocenters. The number of thiazole rings is 1. The molecule has 0 aliphatic carbocycles. The number of anilines is 1. The number of aryl methyl sites for hydroxylation is 2. The Morgan fingerprint density at radius 3 is 2.81 bits per heavy atom. The minimum absolute atomic E-state index is 0.543. The summed E-state index contributed by atoms with van der Waals surface area (Å²) < 4.78 is 11.8. The van der Waals surface area contributed by atoms with Crippen molar-refractivity contribution in [3.8, 4) is 17.0 Å². The van der Waals surface area contributed by atoms with Crippen molar-refractivity contribution in [2.75, 3.05) is 12.4 Å². The fourth-order valence-electron chi connectivity index (χ4n) is 2.94. The zero-order chi connectivity index (χ0) is 18.1. The van der Waals surface area contributed by atoms with Crippen LogP contribution in [0.5, 0.6) is 5.88 Å². The molecule has 0 amide bonds. The summed E-state index contributed by atoms with van der Waals surface area (Å²) in [5.74, 6) is 1.31. The molecule has 7 heteroatoms. The molecule has 0 aliphatic rings. The number of pyridine rings is 1. The highest BCUT2D eigenvalue weighted by Crippen LogP contribution is 2.32. The fraction of sp³-hybridized carbons (Fsp3) is 0.211. The standard InChI is InChI=1S/C19H18N4O2S/c1-11-18(12(2)25-23-11)13-8-15(19(24-3)21-9-13)20-10-17-22-14-6-4-5-7-16(14)26-17/h4-9,20H,10H2,1-3H3. The van der Waals surface area contributed by atoms with Gasteiger partial charge in [0.15, 0.2) is 0 Å². The third-order valence-corrected chi connectivity index (χ3v) is 5.17. The maximum absolute atomic E-state index is 5.40. The van der Waals surface area contributed by atoms with E-state index in [-0.39, 0.29) is 0 Å². The van der Waals surface area contributed by atoms with Crippen molar-refractivity contribution < 1.29 is 9.26 Å². The van der Waals surface area contributed by atoms with E-state index in [4.69, 9.17) is 9.26 Å². The molecule has 0 unspecified atom stereocenters. The second kappa shape index (κ2) is 6.76. The number of rotatable bonds is 5. The number of aromatic nitrogens is 3. The van der Waals surface area contributed by atoms with Crippen LogP contribution in [-0.4, -0.2) is 22.2 Å². The molecule has 0 saturated carbocycles. The van der Waals surface area contributed by atoms with Crippen LogP contribution in [0.3, 0.4) is 0 Å². The molecule has 0 radical (unpaired) electrons. The van der Waals surface area contributed by atoms with E-state index in [9.17, 15) is 0 Å². The summed E-state index contributed by atoms with van der Waals surface area (Å²) in [5, 5.41) is 8.42. The molecule has 0 fully saturated rings. The van der Waals surface area contributed by atoms with Gasteiger partial charge in [0, 0.05) is 17.3 Å². The first-order valence-corrected chi connectivity index (χ1v) is 9.03. The van der Waals surface area contributed by atoms with E-state index in [1.54, 1.807) is 24.6 Å². The lowest BCUT2D eigenvalue weighted by atomic mass is 10.1. The van der Waals surface area contributed by atoms with Crippen molar-refractivity contribution in [2.45, 2.75) is 20.4 Å². The smallest absolute Gasteiger partial charge is 0.237 e. The molecule has 0 spiro atoms. The SMILES string of the molecule is COc1ncc(-c2c(C)noc2C)cc1NCc1nc2ccccc2s1. The Bertz CT molecular complexity index is 1020. The van der Waals surface area contributed by atoms with Crippen molar-refractivity contribution in [1.29, 1.82) is 0 Å². The van der Waals surface area contributed by atoms with E-state index in [1.807, 2.05) is 38.1 Å². The largest absolute Gasteiger partial charge is 0.480 e. The molecular formula is C19H18N4O2S. The van der Waals surface area contributed by atoms with Gasteiger partial charge >= 0.3 is 0 Å². The predicted molar refractivity (Wildman–Crippen MR) is 103 cm³/mol. The number of benzene rings is 1. The molecule has 3 aromatic heterocycles. The monoisotopic (exact) mass is 366 g/mol. The molecule has 0 bridgehead atoms. The van der Waals surface area contributed by atoms with Gasteiger partial charge in [0.1, 0.15) is 10.8 Å². The Hall–Kier alpha value is -2.93. The molecule has 0 saturated heterocycles. The number of fused-ring (bicyclic) bond motifs is 1. The lowest BCUT2D eigenvalue weighted by Gasteiger charge is -2.11. The summed E-state index contributed by atoms with van der Waals surface area (Å²) >= 11 is 1.68. The van der Waals surface area contributed by atoms with Gasteiger partial charge in [0.25, 0.3) is 0 Å². The van der Waals surface area contributed by atoms with Crippen molar-refractivity contribution in [3.63, 3.8) is 0 Å². The molecule has 3 heterocycles. The van der Waals surface area contributed by atoms with Gasteiger partial charge in [-0.15, -0.1) is 11.3 Å². The molecule has 4 rings (SSSR count). The van der Waals surface area contributed by atoms with Gasteiger partial charge in [0.2, 0.25) is 5.88 Å². The zero-order valence-corrected chi connectivity index (χ0v) is 15.6. The Morgan fingerprint density at radius 2 is 2.08 bits per heavy atom. The van der Waals surface area contributed by atoms with Gasteiger partial charge in [0.05, 0.1) is 35.3 Å². The van der Waals surface area contributed by atoms with Crippen LogP contribution < -0.4 is 10.1 Å². The van der Waals surface area contributed by atoms with Crippen LogP contribution in [0.15, 0.2) is 41.1 Å². The van der Waals surface area contributed by atoms with Crippen molar-refractivity contribution in [1.82, 2.24) is 15.1 Å². The Morgan fingerprint density at radius 1 is 1.23 bits per heavy atom. The van der Waals surface area contributed by atoms with Crippen LogP contribution in [-0.2, 0) is 6.54 Å². The molecular weight excluding hydrogens is 348 g/mol.